The van der Waals surface area contributed by atoms with Crippen molar-refractivity contribution in [3.63, 3.8) is 0 Å². The van der Waals surface area contributed by atoms with Gasteiger partial charge in [0.25, 0.3) is 0 Å². The van der Waals surface area contributed by atoms with Crippen LogP contribution >= 0.6 is 11.6 Å². The van der Waals surface area contributed by atoms with Crippen molar-refractivity contribution in [3.8, 4) is 0 Å². The second-order valence-electron chi connectivity index (χ2n) is 4.73. The molecule has 0 aromatic heterocycles. The predicted octanol–water partition coefficient (Wildman–Crippen LogP) is 2.14. The highest BCUT2D eigenvalue weighted by Gasteiger charge is 2.32. The van der Waals surface area contributed by atoms with E-state index in [2.05, 4.69) is 0 Å². The number of methoxy groups -OCH3 is 1. The van der Waals surface area contributed by atoms with Gasteiger partial charge in [-0.25, -0.2) is 8.42 Å². The third kappa shape index (κ3) is 2.94. The van der Waals surface area contributed by atoms with E-state index in [0.29, 0.717) is 23.9 Å². The van der Waals surface area contributed by atoms with Crippen molar-refractivity contribution in [2.24, 2.45) is 0 Å². The third-order valence-corrected chi connectivity index (χ3v) is 5.69. The van der Waals surface area contributed by atoms with Gasteiger partial charge in [0.05, 0.1) is 11.0 Å². The summed E-state index contributed by atoms with van der Waals surface area (Å²) >= 11 is 5.79. The van der Waals surface area contributed by atoms with Crippen LogP contribution in [0.15, 0.2) is 23.1 Å². The first-order valence-corrected chi connectivity index (χ1v) is 8.15. The Hall–Kier alpha value is -0.620. The first-order chi connectivity index (χ1) is 8.98. The molecule has 1 aromatic carbocycles. The fourth-order valence-corrected chi connectivity index (χ4v) is 4.11. The normalized spacial score (nSPS) is 20.9. The smallest absolute Gasteiger partial charge is 0.243 e. The molecule has 1 unspecified atom stereocenters. The van der Waals surface area contributed by atoms with Crippen LogP contribution in [0.3, 0.4) is 0 Å². The Morgan fingerprint density at radius 1 is 1.47 bits per heavy atom. The maximum atomic E-state index is 12.5. The predicted molar refractivity (Wildman–Crippen MR) is 74.9 cm³/mol. The fourth-order valence-electron chi connectivity index (χ4n) is 2.24. The molecule has 6 heteroatoms. The van der Waals surface area contributed by atoms with Gasteiger partial charge in [0.1, 0.15) is 0 Å². The zero-order valence-corrected chi connectivity index (χ0v) is 12.7. The summed E-state index contributed by atoms with van der Waals surface area (Å²) in [7, 11) is -1.81. The van der Waals surface area contributed by atoms with Crippen LogP contribution < -0.4 is 0 Å². The van der Waals surface area contributed by atoms with Crippen LogP contribution in [0, 0.1) is 6.92 Å². The molecule has 1 aromatic rings. The number of benzene rings is 1. The van der Waals surface area contributed by atoms with Crippen molar-refractivity contribution in [3.05, 3.63) is 29.3 Å². The average molecular weight is 304 g/mol. The first kappa shape index (κ1) is 14.8. The second kappa shape index (κ2) is 5.79. The van der Waals surface area contributed by atoms with Crippen molar-refractivity contribution in [1.82, 2.24) is 4.31 Å². The van der Waals surface area contributed by atoms with Gasteiger partial charge in [0.2, 0.25) is 10.0 Å². The Morgan fingerprint density at radius 2 is 2.21 bits per heavy atom. The Labute approximate surface area is 119 Å². The van der Waals surface area contributed by atoms with Crippen LogP contribution in [0.4, 0.5) is 0 Å². The Bertz CT molecular complexity index is 559. The van der Waals surface area contributed by atoms with Crippen molar-refractivity contribution < 1.29 is 13.2 Å². The maximum absolute atomic E-state index is 12.5. The lowest BCUT2D eigenvalue weighted by molar-refractivity contribution is 0.115. The number of ether oxygens (including phenoxy) is 1. The zero-order valence-electron chi connectivity index (χ0n) is 11.1. The van der Waals surface area contributed by atoms with E-state index in [9.17, 15) is 8.42 Å². The monoisotopic (exact) mass is 303 g/mol. The molecule has 1 heterocycles. The highest BCUT2D eigenvalue weighted by atomic mass is 35.5. The maximum Gasteiger partial charge on any atom is 0.243 e. The Morgan fingerprint density at radius 3 is 2.74 bits per heavy atom. The molecule has 0 bridgehead atoms. The van der Waals surface area contributed by atoms with Crippen molar-refractivity contribution in [2.75, 3.05) is 20.2 Å². The van der Waals surface area contributed by atoms with Gasteiger partial charge >= 0.3 is 0 Å². The molecule has 0 radical (unpaired) electrons. The fraction of sp³-hybridized carbons (Fsp3) is 0.538. The number of sulfonamides is 1. The summed E-state index contributed by atoms with van der Waals surface area (Å²) in [5, 5.41) is 0. The van der Waals surface area contributed by atoms with E-state index in [1.165, 1.54) is 4.31 Å². The van der Waals surface area contributed by atoms with E-state index in [1.54, 1.807) is 25.3 Å². The van der Waals surface area contributed by atoms with E-state index in [1.807, 2.05) is 6.92 Å². The average Bonchev–Trinajstić information content (AvgIpc) is 2.88. The molecule has 4 nitrogen and oxygen atoms in total. The number of nitrogens with zero attached hydrogens (tertiary/aromatic N) is 1. The van der Waals surface area contributed by atoms with E-state index in [0.717, 1.165) is 17.5 Å². The molecule has 0 aliphatic carbocycles. The van der Waals surface area contributed by atoms with Gasteiger partial charge in [-0.2, -0.15) is 4.31 Å². The molecular formula is C13H18ClNO3S. The number of hydrogen-bond acceptors (Lipinski definition) is 3. The number of hydrogen-bond donors (Lipinski definition) is 0. The quantitative estimate of drug-likeness (QED) is 0.801. The molecular weight excluding hydrogens is 286 g/mol. The van der Waals surface area contributed by atoms with Gasteiger partial charge in [0, 0.05) is 26.1 Å². The molecule has 1 saturated heterocycles. The van der Waals surface area contributed by atoms with E-state index < -0.39 is 10.0 Å². The van der Waals surface area contributed by atoms with Gasteiger partial charge in [-0.05, 0) is 36.6 Å². The summed E-state index contributed by atoms with van der Waals surface area (Å²) in [6, 6.07) is 5.09. The molecule has 106 valence electrons. The largest absolute Gasteiger partial charge is 0.380 e. The van der Waals surface area contributed by atoms with E-state index in [4.69, 9.17) is 16.3 Å². The molecule has 1 aliphatic heterocycles. The minimum absolute atomic E-state index is 0.00186. The highest BCUT2D eigenvalue weighted by molar-refractivity contribution is 7.89. The first-order valence-electron chi connectivity index (χ1n) is 6.17. The molecule has 0 saturated carbocycles. The van der Waals surface area contributed by atoms with Crippen molar-refractivity contribution >= 4 is 21.6 Å². The van der Waals surface area contributed by atoms with Crippen LogP contribution in [-0.4, -0.2) is 39.0 Å². The standard InChI is InChI=1S/C13H18ClNO3S/c1-10-7-13(4-3-11(10)8-14)19(16,17)15-6-5-12(9-15)18-2/h3-4,7,12H,5-6,8-9H2,1-2H3. The van der Waals surface area contributed by atoms with Crippen LogP contribution in [0.5, 0.6) is 0 Å². The van der Waals surface area contributed by atoms with Gasteiger partial charge in [-0.15, -0.1) is 11.6 Å². The van der Waals surface area contributed by atoms with Crippen LogP contribution in [0.1, 0.15) is 17.5 Å². The molecule has 0 amide bonds. The molecule has 1 fully saturated rings. The molecule has 0 spiro atoms. The lowest BCUT2D eigenvalue weighted by Crippen LogP contribution is -2.30. The minimum Gasteiger partial charge on any atom is -0.380 e. The second-order valence-corrected chi connectivity index (χ2v) is 6.94. The molecule has 2 rings (SSSR count). The minimum atomic E-state index is -3.42. The number of alkyl halides is 1. The summed E-state index contributed by atoms with van der Waals surface area (Å²) in [5.41, 5.74) is 1.86. The van der Waals surface area contributed by atoms with Gasteiger partial charge in [-0.3, -0.25) is 0 Å². The zero-order chi connectivity index (χ0) is 14.0. The van der Waals surface area contributed by atoms with Crippen LogP contribution in [0.2, 0.25) is 0 Å². The lowest BCUT2D eigenvalue weighted by Gasteiger charge is -2.17. The van der Waals surface area contributed by atoms with Gasteiger partial charge in [0.15, 0.2) is 0 Å². The van der Waals surface area contributed by atoms with Crippen molar-refractivity contribution in [2.45, 2.75) is 30.2 Å². The molecule has 0 N–H and O–H groups in total. The number of halogens is 1. The number of aryl methyl sites for hydroxylation is 1. The molecule has 1 aliphatic rings. The Balaban J connectivity index is 2.27. The van der Waals surface area contributed by atoms with Crippen LogP contribution in [-0.2, 0) is 20.6 Å². The summed E-state index contributed by atoms with van der Waals surface area (Å²) in [6.45, 7) is 2.81. The summed E-state index contributed by atoms with van der Waals surface area (Å²) in [6.07, 6.45) is 0.743. The van der Waals surface area contributed by atoms with Crippen LogP contribution in [0.25, 0.3) is 0 Å². The molecule has 19 heavy (non-hydrogen) atoms. The van der Waals surface area contributed by atoms with Crippen molar-refractivity contribution in [1.29, 1.82) is 0 Å². The summed E-state index contributed by atoms with van der Waals surface area (Å²) in [5.74, 6) is 0.391. The van der Waals surface area contributed by atoms with E-state index in [-0.39, 0.29) is 6.10 Å². The topological polar surface area (TPSA) is 46.6 Å². The number of rotatable bonds is 4. The van der Waals surface area contributed by atoms with Gasteiger partial charge < -0.3 is 4.74 Å². The SMILES string of the molecule is COC1CCN(S(=O)(=O)c2ccc(CCl)c(C)c2)C1. The third-order valence-electron chi connectivity index (χ3n) is 3.54. The Kier molecular flexibility index (Phi) is 4.50. The van der Waals surface area contributed by atoms with E-state index >= 15 is 0 Å². The summed E-state index contributed by atoms with van der Waals surface area (Å²) < 4.78 is 31.7. The summed E-state index contributed by atoms with van der Waals surface area (Å²) in [4.78, 5) is 0.329. The van der Waals surface area contributed by atoms with Gasteiger partial charge in [-0.1, -0.05) is 6.07 Å². The molecule has 1 atom stereocenters. The lowest BCUT2D eigenvalue weighted by atomic mass is 10.1. The highest BCUT2D eigenvalue weighted by Crippen LogP contribution is 2.24.